The van der Waals surface area contributed by atoms with E-state index in [1.165, 1.54) is 7.05 Å². The van der Waals surface area contributed by atoms with Gasteiger partial charge in [0, 0.05) is 32.2 Å². The molecule has 3 heterocycles. The molecule has 2 saturated heterocycles. The van der Waals surface area contributed by atoms with Crippen molar-refractivity contribution in [2.75, 3.05) is 33.5 Å². The predicted octanol–water partition coefficient (Wildman–Crippen LogP) is 1.07. The SMILES string of the molecule is CC(Oc1ccc2c(c1)OCO2)C(=O)N1CCC(N2CC(=O)N(C)C2=O)CC1. The summed E-state index contributed by atoms with van der Waals surface area (Å²) in [6.45, 7) is 3.08. The average Bonchev–Trinajstić information content (AvgIpc) is 3.27. The molecule has 1 aromatic carbocycles. The summed E-state index contributed by atoms with van der Waals surface area (Å²) in [5.41, 5.74) is 0. The minimum absolute atomic E-state index is 0.0180. The summed E-state index contributed by atoms with van der Waals surface area (Å²) in [5, 5.41) is 0. The standard InChI is InChI=1S/C19H23N3O6/c1-12(28-14-3-4-15-16(9-14)27-11-26-15)18(24)21-7-5-13(6-8-21)22-10-17(23)20(2)19(22)25/h3-4,9,12-13H,5-8,10-11H2,1-2H3. The molecule has 0 aromatic heterocycles. The van der Waals surface area contributed by atoms with Gasteiger partial charge in [-0.25, -0.2) is 4.79 Å². The molecule has 3 aliphatic heterocycles. The number of amides is 4. The number of likely N-dealkylation sites (N-methyl/N-ethyl adjacent to an activating group) is 1. The number of hydrogen-bond donors (Lipinski definition) is 0. The lowest BCUT2D eigenvalue weighted by molar-refractivity contribution is -0.139. The van der Waals surface area contributed by atoms with Gasteiger partial charge in [0.05, 0.1) is 0 Å². The summed E-state index contributed by atoms with van der Waals surface area (Å²) in [6, 6.07) is 4.94. The van der Waals surface area contributed by atoms with E-state index in [4.69, 9.17) is 14.2 Å². The first-order valence-electron chi connectivity index (χ1n) is 9.36. The largest absolute Gasteiger partial charge is 0.481 e. The van der Waals surface area contributed by atoms with Gasteiger partial charge in [-0.2, -0.15) is 0 Å². The highest BCUT2D eigenvalue weighted by molar-refractivity contribution is 6.01. The van der Waals surface area contributed by atoms with Crippen LogP contribution in [0, 0.1) is 0 Å². The molecule has 0 N–H and O–H groups in total. The van der Waals surface area contributed by atoms with Crippen LogP contribution < -0.4 is 14.2 Å². The number of likely N-dealkylation sites (tertiary alicyclic amines) is 1. The van der Waals surface area contributed by atoms with Crippen LogP contribution in [0.2, 0.25) is 0 Å². The van der Waals surface area contributed by atoms with Crippen LogP contribution in [0.25, 0.3) is 0 Å². The smallest absolute Gasteiger partial charge is 0.327 e. The van der Waals surface area contributed by atoms with E-state index in [1.807, 2.05) is 0 Å². The molecule has 1 aromatic rings. The number of nitrogens with zero attached hydrogens (tertiary/aromatic N) is 3. The zero-order valence-electron chi connectivity index (χ0n) is 15.9. The Morgan fingerprint density at radius 2 is 1.89 bits per heavy atom. The molecule has 0 bridgehead atoms. The Kier molecular flexibility index (Phi) is 4.74. The molecule has 0 saturated carbocycles. The van der Waals surface area contributed by atoms with E-state index in [0.29, 0.717) is 43.2 Å². The summed E-state index contributed by atoms with van der Waals surface area (Å²) in [6.07, 6.45) is 0.656. The summed E-state index contributed by atoms with van der Waals surface area (Å²) in [4.78, 5) is 41.1. The Morgan fingerprint density at radius 1 is 1.18 bits per heavy atom. The van der Waals surface area contributed by atoms with Gasteiger partial charge in [-0.1, -0.05) is 0 Å². The van der Waals surface area contributed by atoms with Crippen molar-refractivity contribution in [3.8, 4) is 17.2 Å². The van der Waals surface area contributed by atoms with Crippen LogP contribution in [0.5, 0.6) is 17.2 Å². The minimum Gasteiger partial charge on any atom is -0.481 e. The average molecular weight is 389 g/mol. The molecule has 4 rings (SSSR count). The maximum atomic E-state index is 12.7. The molecule has 0 spiro atoms. The highest BCUT2D eigenvalue weighted by Crippen LogP contribution is 2.35. The topological polar surface area (TPSA) is 88.6 Å². The van der Waals surface area contributed by atoms with Gasteiger partial charge in [-0.3, -0.25) is 14.5 Å². The number of ether oxygens (including phenoxy) is 3. The molecule has 1 atom stereocenters. The van der Waals surface area contributed by atoms with Gasteiger partial charge in [-0.15, -0.1) is 0 Å². The number of piperidine rings is 1. The number of carbonyl (C=O) groups is 3. The fourth-order valence-electron chi connectivity index (χ4n) is 3.76. The molecular weight excluding hydrogens is 366 g/mol. The van der Waals surface area contributed by atoms with Crippen molar-refractivity contribution in [2.24, 2.45) is 0 Å². The van der Waals surface area contributed by atoms with Gasteiger partial charge in [-0.05, 0) is 31.9 Å². The second kappa shape index (κ2) is 7.21. The lowest BCUT2D eigenvalue weighted by atomic mass is 10.0. The Labute approximate surface area is 162 Å². The van der Waals surface area contributed by atoms with Crippen LogP contribution in [0.3, 0.4) is 0 Å². The lowest BCUT2D eigenvalue weighted by Crippen LogP contribution is -2.50. The van der Waals surface area contributed by atoms with Crippen molar-refractivity contribution in [3.05, 3.63) is 18.2 Å². The number of carbonyl (C=O) groups excluding carboxylic acids is 3. The molecule has 1 unspecified atom stereocenters. The van der Waals surface area contributed by atoms with Crippen LogP contribution in [0.15, 0.2) is 18.2 Å². The summed E-state index contributed by atoms with van der Waals surface area (Å²) < 4.78 is 16.4. The van der Waals surface area contributed by atoms with Gasteiger partial charge >= 0.3 is 6.03 Å². The molecule has 0 radical (unpaired) electrons. The van der Waals surface area contributed by atoms with Crippen molar-refractivity contribution in [2.45, 2.75) is 31.9 Å². The first-order valence-corrected chi connectivity index (χ1v) is 9.36. The number of rotatable bonds is 4. The van der Waals surface area contributed by atoms with E-state index in [1.54, 1.807) is 34.9 Å². The van der Waals surface area contributed by atoms with E-state index < -0.39 is 6.10 Å². The third-order valence-electron chi connectivity index (χ3n) is 5.43. The van der Waals surface area contributed by atoms with Crippen LogP contribution in [-0.4, -0.2) is 78.2 Å². The van der Waals surface area contributed by atoms with Crippen LogP contribution in [-0.2, 0) is 9.59 Å². The third-order valence-corrected chi connectivity index (χ3v) is 5.43. The van der Waals surface area contributed by atoms with Gasteiger partial charge in [0.2, 0.25) is 12.7 Å². The highest BCUT2D eigenvalue weighted by atomic mass is 16.7. The van der Waals surface area contributed by atoms with Crippen molar-refractivity contribution < 1.29 is 28.6 Å². The Bertz CT molecular complexity index is 805. The lowest BCUT2D eigenvalue weighted by Gasteiger charge is -2.36. The fourth-order valence-corrected chi connectivity index (χ4v) is 3.76. The second-order valence-electron chi connectivity index (χ2n) is 7.19. The molecule has 150 valence electrons. The van der Waals surface area contributed by atoms with E-state index in [2.05, 4.69) is 0 Å². The first kappa shape index (κ1) is 18.4. The summed E-state index contributed by atoms with van der Waals surface area (Å²) >= 11 is 0. The normalized spacial score (nSPS) is 20.7. The molecule has 2 fully saturated rings. The number of fused-ring (bicyclic) bond motifs is 1. The van der Waals surface area contributed by atoms with Gasteiger partial charge < -0.3 is 24.0 Å². The van der Waals surface area contributed by atoms with E-state index in [9.17, 15) is 14.4 Å². The molecule has 4 amide bonds. The van der Waals surface area contributed by atoms with Gasteiger partial charge in [0.25, 0.3) is 5.91 Å². The zero-order valence-corrected chi connectivity index (χ0v) is 15.9. The number of hydrogen-bond acceptors (Lipinski definition) is 6. The summed E-state index contributed by atoms with van der Waals surface area (Å²) in [5.74, 6) is 1.53. The van der Waals surface area contributed by atoms with Crippen molar-refractivity contribution in [1.29, 1.82) is 0 Å². The van der Waals surface area contributed by atoms with Crippen molar-refractivity contribution >= 4 is 17.8 Å². The number of urea groups is 1. The summed E-state index contributed by atoms with van der Waals surface area (Å²) in [7, 11) is 1.50. The zero-order chi connectivity index (χ0) is 19.8. The van der Waals surface area contributed by atoms with E-state index in [-0.39, 0.29) is 37.2 Å². The highest BCUT2D eigenvalue weighted by Gasteiger charge is 2.39. The first-order chi connectivity index (χ1) is 13.4. The molecule has 0 aliphatic carbocycles. The third kappa shape index (κ3) is 3.32. The van der Waals surface area contributed by atoms with Crippen molar-refractivity contribution in [1.82, 2.24) is 14.7 Å². The monoisotopic (exact) mass is 389 g/mol. The van der Waals surface area contributed by atoms with Gasteiger partial charge in [0.1, 0.15) is 12.3 Å². The Hall–Kier alpha value is -2.97. The van der Waals surface area contributed by atoms with Gasteiger partial charge in [0.15, 0.2) is 17.6 Å². The Morgan fingerprint density at radius 3 is 2.57 bits per heavy atom. The quantitative estimate of drug-likeness (QED) is 0.716. The van der Waals surface area contributed by atoms with Crippen molar-refractivity contribution in [3.63, 3.8) is 0 Å². The van der Waals surface area contributed by atoms with Crippen LogP contribution in [0.1, 0.15) is 19.8 Å². The number of benzene rings is 1. The maximum Gasteiger partial charge on any atom is 0.327 e. The molecule has 9 heteroatoms. The van der Waals surface area contributed by atoms with E-state index in [0.717, 1.165) is 4.90 Å². The molecular formula is C19H23N3O6. The molecule has 28 heavy (non-hydrogen) atoms. The number of imide groups is 1. The maximum absolute atomic E-state index is 12.7. The van der Waals surface area contributed by atoms with Crippen LogP contribution in [0.4, 0.5) is 4.79 Å². The Balaban J connectivity index is 1.31. The molecule has 9 nitrogen and oxygen atoms in total. The fraction of sp³-hybridized carbons (Fsp3) is 0.526. The van der Waals surface area contributed by atoms with E-state index >= 15 is 0 Å². The molecule has 3 aliphatic rings. The second-order valence-corrected chi connectivity index (χ2v) is 7.19. The predicted molar refractivity (Wildman–Crippen MR) is 97.1 cm³/mol. The van der Waals surface area contributed by atoms with Crippen LogP contribution >= 0.6 is 0 Å². The minimum atomic E-state index is -0.641.